The van der Waals surface area contributed by atoms with Gasteiger partial charge in [0.15, 0.2) is 0 Å². The van der Waals surface area contributed by atoms with E-state index in [1.54, 1.807) is 0 Å². The van der Waals surface area contributed by atoms with Crippen LogP contribution in [0, 0.1) is 5.92 Å². The summed E-state index contributed by atoms with van der Waals surface area (Å²) in [5.74, 6) is -3.92. The van der Waals surface area contributed by atoms with Crippen LogP contribution < -0.4 is 5.73 Å². The molecule has 0 aromatic rings. The van der Waals surface area contributed by atoms with Gasteiger partial charge >= 0.3 is 5.97 Å². The Balaban J connectivity index is 2.23. The maximum atomic E-state index is 12.3. The molecule has 0 aliphatic heterocycles. The van der Waals surface area contributed by atoms with E-state index in [0.717, 1.165) is 0 Å². The standard InChI is InChI=1S/C7H11F2NO2/c8-7(9)2-4(3-7)1-5(10)6(11)12/h4-5H,1-3,10H2,(H,11,12). The Kier molecular flexibility index (Phi) is 2.32. The van der Waals surface area contributed by atoms with E-state index < -0.39 is 17.9 Å². The Morgan fingerprint density at radius 3 is 2.50 bits per heavy atom. The molecular weight excluding hydrogens is 168 g/mol. The summed E-state index contributed by atoms with van der Waals surface area (Å²) in [5.41, 5.74) is 5.17. The van der Waals surface area contributed by atoms with E-state index in [0.29, 0.717) is 0 Å². The van der Waals surface area contributed by atoms with Gasteiger partial charge in [0.25, 0.3) is 0 Å². The monoisotopic (exact) mass is 179 g/mol. The van der Waals surface area contributed by atoms with Crippen molar-refractivity contribution in [1.29, 1.82) is 0 Å². The van der Waals surface area contributed by atoms with E-state index in [4.69, 9.17) is 10.8 Å². The van der Waals surface area contributed by atoms with Crippen molar-refractivity contribution >= 4 is 5.97 Å². The van der Waals surface area contributed by atoms with Gasteiger partial charge in [-0.25, -0.2) is 8.78 Å². The van der Waals surface area contributed by atoms with Gasteiger partial charge in [-0.15, -0.1) is 0 Å². The molecule has 0 amide bonds. The molecule has 5 heteroatoms. The summed E-state index contributed by atoms with van der Waals surface area (Å²) < 4.78 is 24.5. The van der Waals surface area contributed by atoms with Crippen molar-refractivity contribution in [1.82, 2.24) is 0 Å². The van der Waals surface area contributed by atoms with E-state index >= 15 is 0 Å². The van der Waals surface area contributed by atoms with Gasteiger partial charge in [-0.2, -0.15) is 0 Å². The van der Waals surface area contributed by atoms with Crippen molar-refractivity contribution in [2.24, 2.45) is 11.7 Å². The van der Waals surface area contributed by atoms with Crippen LogP contribution in [0.3, 0.4) is 0 Å². The molecule has 0 bridgehead atoms. The first-order valence-electron chi connectivity index (χ1n) is 3.77. The average Bonchev–Trinajstić information content (AvgIpc) is 1.83. The van der Waals surface area contributed by atoms with Gasteiger partial charge in [0.05, 0.1) is 0 Å². The molecule has 0 aromatic carbocycles. The number of carboxylic acid groups (broad SMARTS) is 1. The van der Waals surface area contributed by atoms with Gasteiger partial charge in [0.2, 0.25) is 5.92 Å². The summed E-state index contributed by atoms with van der Waals surface area (Å²) in [4.78, 5) is 10.2. The Hall–Kier alpha value is -0.710. The third-order valence-electron chi connectivity index (χ3n) is 2.08. The molecule has 1 unspecified atom stereocenters. The molecule has 1 saturated carbocycles. The highest BCUT2D eigenvalue weighted by atomic mass is 19.3. The molecule has 12 heavy (non-hydrogen) atoms. The van der Waals surface area contributed by atoms with Crippen LogP contribution in [-0.4, -0.2) is 23.0 Å². The lowest BCUT2D eigenvalue weighted by Gasteiger charge is -2.35. The predicted molar refractivity (Wildman–Crippen MR) is 37.9 cm³/mol. The van der Waals surface area contributed by atoms with E-state index in [2.05, 4.69) is 0 Å². The second-order valence-corrected chi connectivity index (χ2v) is 3.31. The normalized spacial score (nSPS) is 24.6. The summed E-state index contributed by atoms with van der Waals surface area (Å²) in [7, 11) is 0. The van der Waals surface area contributed by atoms with E-state index in [9.17, 15) is 13.6 Å². The van der Waals surface area contributed by atoms with Gasteiger partial charge < -0.3 is 10.8 Å². The van der Waals surface area contributed by atoms with Crippen LogP contribution in [0.25, 0.3) is 0 Å². The van der Waals surface area contributed by atoms with Crippen LogP contribution in [0.4, 0.5) is 8.78 Å². The molecule has 0 saturated heterocycles. The van der Waals surface area contributed by atoms with Crippen molar-refractivity contribution in [3.05, 3.63) is 0 Å². The van der Waals surface area contributed by atoms with Crippen LogP contribution in [-0.2, 0) is 4.79 Å². The minimum atomic E-state index is -2.58. The van der Waals surface area contributed by atoms with Crippen molar-refractivity contribution in [2.45, 2.75) is 31.2 Å². The molecule has 1 rings (SSSR count). The van der Waals surface area contributed by atoms with Crippen molar-refractivity contribution < 1.29 is 18.7 Å². The Morgan fingerprint density at radius 2 is 2.17 bits per heavy atom. The molecule has 3 N–H and O–H groups in total. The number of hydrogen-bond acceptors (Lipinski definition) is 2. The molecule has 1 aliphatic carbocycles. The molecule has 0 spiro atoms. The first-order valence-corrected chi connectivity index (χ1v) is 3.77. The summed E-state index contributed by atoms with van der Waals surface area (Å²) in [6, 6.07) is -0.994. The Labute approximate surface area is 68.5 Å². The lowest BCUT2D eigenvalue weighted by Crippen LogP contribution is -2.41. The zero-order valence-electron chi connectivity index (χ0n) is 6.46. The molecule has 0 radical (unpaired) electrons. The number of carboxylic acids is 1. The van der Waals surface area contributed by atoms with Crippen molar-refractivity contribution in [3.8, 4) is 0 Å². The molecule has 3 nitrogen and oxygen atoms in total. The topological polar surface area (TPSA) is 63.3 Å². The van der Waals surface area contributed by atoms with Gasteiger partial charge in [-0.1, -0.05) is 0 Å². The van der Waals surface area contributed by atoms with E-state index in [1.165, 1.54) is 0 Å². The van der Waals surface area contributed by atoms with Crippen molar-refractivity contribution in [3.63, 3.8) is 0 Å². The summed E-state index contributed by atoms with van der Waals surface area (Å²) in [6.07, 6.45) is -0.271. The highest BCUT2D eigenvalue weighted by Crippen LogP contribution is 2.44. The molecule has 0 aromatic heterocycles. The minimum absolute atomic E-state index is 0.158. The number of halogens is 2. The average molecular weight is 179 g/mol. The molecular formula is C7H11F2NO2. The number of aliphatic carboxylic acids is 1. The number of alkyl halides is 2. The Morgan fingerprint density at radius 1 is 1.67 bits per heavy atom. The van der Waals surface area contributed by atoms with Gasteiger partial charge in [-0.05, 0) is 12.3 Å². The lowest BCUT2D eigenvalue weighted by molar-refractivity contribution is -0.142. The molecule has 70 valence electrons. The zero-order chi connectivity index (χ0) is 9.35. The zero-order valence-corrected chi connectivity index (χ0v) is 6.46. The van der Waals surface area contributed by atoms with Crippen LogP contribution in [0.5, 0.6) is 0 Å². The summed E-state index contributed by atoms with van der Waals surface area (Å²) in [5, 5.41) is 8.37. The quantitative estimate of drug-likeness (QED) is 0.674. The molecule has 0 heterocycles. The number of rotatable bonds is 3. The van der Waals surface area contributed by atoms with Crippen LogP contribution >= 0.6 is 0 Å². The third-order valence-corrected chi connectivity index (χ3v) is 2.08. The van der Waals surface area contributed by atoms with E-state index in [-0.39, 0.29) is 25.2 Å². The highest BCUT2D eigenvalue weighted by Gasteiger charge is 2.45. The maximum absolute atomic E-state index is 12.3. The number of nitrogens with two attached hydrogens (primary N) is 1. The Bertz CT molecular complexity index is 188. The van der Waals surface area contributed by atoms with Crippen LogP contribution in [0.15, 0.2) is 0 Å². The highest BCUT2D eigenvalue weighted by molar-refractivity contribution is 5.73. The summed E-state index contributed by atoms with van der Waals surface area (Å²) >= 11 is 0. The fraction of sp³-hybridized carbons (Fsp3) is 0.857. The van der Waals surface area contributed by atoms with Gasteiger partial charge in [0, 0.05) is 12.8 Å². The van der Waals surface area contributed by atoms with Gasteiger partial charge in [-0.3, -0.25) is 4.79 Å². The van der Waals surface area contributed by atoms with Crippen LogP contribution in [0.2, 0.25) is 0 Å². The van der Waals surface area contributed by atoms with Crippen molar-refractivity contribution in [2.75, 3.05) is 0 Å². The fourth-order valence-corrected chi connectivity index (χ4v) is 1.41. The van der Waals surface area contributed by atoms with E-state index in [1.807, 2.05) is 0 Å². The minimum Gasteiger partial charge on any atom is -0.480 e. The smallest absolute Gasteiger partial charge is 0.320 e. The molecule has 1 aliphatic rings. The SMILES string of the molecule is NC(CC1CC(F)(F)C1)C(=O)O. The lowest BCUT2D eigenvalue weighted by atomic mass is 9.77. The maximum Gasteiger partial charge on any atom is 0.320 e. The number of carbonyl (C=O) groups is 1. The number of hydrogen-bond donors (Lipinski definition) is 2. The fourth-order valence-electron chi connectivity index (χ4n) is 1.41. The third kappa shape index (κ3) is 2.14. The second-order valence-electron chi connectivity index (χ2n) is 3.31. The first-order chi connectivity index (χ1) is 5.41. The second kappa shape index (κ2) is 2.97. The molecule has 1 atom stereocenters. The molecule has 1 fully saturated rings. The van der Waals surface area contributed by atoms with Crippen LogP contribution in [0.1, 0.15) is 19.3 Å². The predicted octanol–water partition coefficient (Wildman–Crippen LogP) is 0.834. The largest absolute Gasteiger partial charge is 0.480 e. The summed E-state index contributed by atoms with van der Waals surface area (Å²) in [6.45, 7) is 0. The first kappa shape index (κ1) is 9.38. The van der Waals surface area contributed by atoms with Gasteiger partial charge in [0.1, 0.15) is 6.04 Å².